The quantitative estimate of drug-likeness (QED) is 0.616. The largest absolute Gasteiger partial charge is 0.387 e. The molecule has 0 bridgehead atoms. The molecule has 0 aromatic heterocycles. The summed E-state index contributed by atoms with van der Waals surface area (Å²) >= 11 is 0. The van der Waals surface area contributed by atoms with Gasteiger partial charge in [0.15, 0.2) is 0 Å². The number of benzene rings is 3. The summed E-state index contributed by atoms with van der Waals surface area (Å²) < 4.78 is 13.1. The second kappa shape index (κ2) is 9.34. The van der Waals surface area contributed by atoms with Crippen LogP contribution in [0.3, 0.4) is 0 Å². The lowest BCUT2D eigenvalue weighted by Gasteiger charge is -2.33. The van der Waals surface area contributed by atoms with Crippen molar-refractivity contribution in [2.24, 2.45) is 0 Å². The van der Waals surface area contributed by atoms with Crippen LogP contribution in [0.1, 0.15) is 47.1 Å². The molecule has 0 aliphatic carbocycles. The predicted octanol–water partition coefficient (Wildman–Crippen LogP) is 5.33. The molecule has 1 aliphatic heterocycles. The summed E-state index contributed by atoms with van der Waals surface area (Å²) in [7, 11) is 0. The zero-order valence-electron chi connectivity index (χ0n) is 16.7. The fraction of sp³-hybridized carbons (Fsp3) is 0.308. The van der Waals surface area contributed by atoms with Crippen LogP contribution in [0.25, 0.3) is 0 Å². The molecule has 0 amide bonds. The first-order chi connectivity index (χ1) is 14.2. The van der Waals surface area contributed by atoms with Crippen molar-refractivity contribution in [2.75, 3.05) is 19.6 Å². The molecule has 1 N–H and O–H groups in total. The lowest BCUT2D eigenvalue weighted by Crippen LogP contribution is -2.36. The van der Waals surface area contributed by atoms with Gasteiger partial charge in [-0.15, -0.1) is 0 Å². The van der Waals surface area contributed by atoms with Gasteiger partial charge >= 0.3 is 0 Å². The van der Waals surface area contributed by atoms with E-state index in [-0.39, 0.29) is 5.82 Å². The van der Waals surface area contributed by atoms with Gasteiger partial charge in [0.25, 0.3) is 0 Å². The number of rotatable bonds is 6. The van der Waals surface area contributed by atoms with Gasteiger partial charge in [-0.05, 0) is 72.7 Å². The number of piperidine rings is 1. The number of nitrogens with zero attached hydrogens (tertiary/aromatic N) is 1. The van der Waals surface area contributed by atoms with Crippen LogP contribution in [0.5, 0.6) is 0 Å². The molecular formula is C26H28FNO. The highest BCUT2D eigenvalue weighted by molar-refractivity contribution is 5.30. The number of aliphatic hydroxyl groups is 1. The molecule has 0 saturated carbocycles. The van der Waals surface area contributed by atoms with E-state index in [4.69, 9.17) is 0 Å². The molecule has 0 spiro atoms. The van der Waals surface area contributed by atoms with Crippen molar-refractivity contribution in [3.8, 4) is 0 Å². The Bertz CT molecular complexity index is 884. The lowest BCUT2D eigenvalue weighted by atomic mass is 9.88. The van der Waals surface area contributed by atoms with E-state index >= 15 is 0 Å². The Kier molecular flexibility index (Phi) is 6.38. The molecule has 3 heteroatoms. The smallest absolute Gasteiger partial charge is 0.123 e. The minimum absolute atomic E-state index is 0.188. The predicted molar refractivity (Wildman–Crippen MR) is 115 cm³/mol. The topological polar surface area (TPSA) is 23.5 Å². The van der Waals surface area contributed by atoms with Crippen LogP contribution in [-0.2, 0) is 6.42 Å². The molecule has 1 aliphatic rings. The standard InChI is InChI=1S/C26H28FNO/c27-25-12-8-21(9-13-25)18-20-6-10-22(11-7-20)23-14-16-28(17-15-23)19-26(29)24-4-2-1-3-5-24/h1-13,23,26,29H,14-19H2. The van der Waals surface area contributed by atoms with E-state index < -0.39 is 6.10 Å². The molecular weight excluding hydrogens is 361 g/mol. The van der Waals surface area contributed by atoms with E-state index in [2.05, 4.69) is 29.2 Å². The minimum atomic E-state index is -0.418. The monoisotopic (exact) mass is 389 g/mol. The third kappa shape index (κ3) is 5.31. The SMILES string of the molecule is OC(CN1CCC(c2ccc(Cc3ccc(F)cc3)cc2)CC1)c1ccccc1. The normalized spacial score (nSPS) is 16.6. The molecule has 3 aromatic rings. The number of likely N-dealkylation sites (tertiary alicyclic amines) is 1. The second-order valence-corrected chi connectivity index (χ2v) is 8.05. The zero-order chi connectivity index (χ0) is 20.1. The van der Waals surface area contributed by atoms with E-state index in [0.717, 1.165) is 43.5 Å². The highest BCUT2D eigenvalue weighted by Gasteiger charge is 2.22. The van der Waals surface area contributed by atoms with Crippen LogP contribution in [0.15, 0.2) is 78.9 Å². The van der Waals surface area contributed by atoms with E-state index in [1.54, 1.807) is 0 Å². The van der Waals surface area contributed by atoms with Gasteiger partial charge in [0.1, 0.15) is 5.82 Å². The van der Waals surface area contributed by atoms with Gasteiger partial charge in [-0.1, -0.05) is 66.7 Å². The molecule has 1 fully saturated rings. The average Bonchev–Trinajstić information content (AvgIpc) is 2.77. The van der Waals surface area contributed by atoms with E-state index in [0.29, 0.717) is 12.5 Å². The molecule has 1 saturated heterocycles. The lowest BCUT2D eigenvalue weighted by molar-refractivity contribution is 0.0972. The Balaban J connectivity index is 1.29. The van der Waals surface area contributed by atoms with Gasteiger partial charge in [-0.2, -0.15) is 0 Å². The van der Waals surface area contributed by atoms with Crippen LogP contribution in [0, 0.1) is 5.82 Å². The minimum Gasteiger partial charge on any atom is -0.387 e. The molecule has 0 radical (unpaired) electrons. The van der Waals surface area contributed by atoms with Gasteiger partial charge < -0.3 is 10.0 Å². The Labute approximate surface area is 172 Å². The molecule has 1 atom stereocenters. The fourth-order valence-corrected chi connectivity index (χ4v) is 4.22. The number of aliphatic hydroxyl groups excluding tert-OH is 1. The van der Waals surface area contributed by atoms with Crippen LogP contribution in [0.4, 0.5) is 4.39 Å². The van der Waals surface area contributed by atoms with Crippen LogP contribution in [0.2, 0.25) is 0 Å². The van der Waals surface area contributed by atoms with E-state index in [1.165, 1.54) is 23.3 Å². The molecule has 150 valence electrons. The summed E-state index contributed by atoms with van der Waals surface area (Å²) in [5, 5.41) is 10.5. The van der Waals surface area contributed by atoms with Gasteiger partial charge in [0.2, 0.25) is 0 Å². The first kappa shape index (κ1) is 19.8. The summed E-state index contributed by atoms with van der Waals surface area (Å²) in [5.74, 6) is 0.395. The van der Waals surface area contributed by atoms with Gasteiger partial charge in [-0.25, -0.2) is 4.39 Å². The van der Waals surface area contributed by atoms with Crippen molar-refractivity contribution in [2.45, 2.75) is 31.3 Å². The van der Waals surface area contributed by atoms with Crippen molar-refractivity contribution in [3.05, 3.63) is 107 Å². The van der Waals surface area contributed by atoms with Crippen LogP contribution in [-0.4, -0.2) is 29.6 Å². The molecule has 4 rings (SSSR count). The van der Waals surface area contributed by atoms with Crippen LogP contribution < -0.4 is 0 Å². The van der Waals surface area contributed by atoms with Gasteiger partial charge in [-0.3, -0.25) is 0 Å². The highest BCUT2D eigenvalue weighted by Crippen LogP contribution is 2.29. The highest BCUT2D eigenvalue weighted by atomic mass is 19.1. The van der Waals surface area contributed by atoms with Crippen molar-refractivity contribution in [1.82, 2.24) is 4.90 Å². The van der Waals surface area contributed by atoms with Crippen LogP contribution >= 0.6 is 0 Å². The summed E-state index contributed by atoms with van der Waals surface area (Å²) in [6, 6.07) is 25.5. The number of β-amino-alcohol motifs (C(OH)–C–C–N with tert-alkyl or cyclic N) is 1. The fourth-order valence-electron chi connectivity index (χ4n) is 4.22. The molecule has 1 unspecified atom stereocenters. The van der Waals surface area contributed by atoms with Crippen molar-refractivity contribution in [3.63, 3.8) is 0 Å². The third-order valence-corrected chi connectivity index (χ3v) is 5.98. The maximum Gasteiger partial charge on any atom is 0.123 e. The molecule has 2 nitrogen and oxygen atoms in total. The Morgan fingerprint density at radius 2 is 1.41 bits per heavy atom. The van der Waals surface area contributed by atoms with Crippen molar-refractivity contribution in [1.29, 1.82) is 0 Å². The van der Waals surface area contributed by atoms with Crippen molar-refractivity contribution >= 4 is 0 Å². The number of halogens is 1. The summed E-state index contributed by atoms with van der Waals surface area (Å²) in [6.07, 6.45) is 2.66. The maximum atomic E-state index is 13.1. The molecule has 29 heavy (non-hydrogen) atoms. The molecule has 1 heterocycles. The first-order valence-electron chi connectivity index (χ1n) is 10.5. The number of hydrogen-bond donors (Lipinski definition) is 1. The summed E-state index contributed by atoms with van der Waals surface area (Å²) in [5.41, 5.74) is 4.77. The maximum absolute atomic E-state index is 13.1. The van der Waals surface area contributed by atoms with Gasteiger partial charge in [0.05, 0.1) is 6.10 Å². The van der Waals surface area contributed by atoms with Crippen molar-refractivity contribution < 1.29 is 9.50 Å². The number of hydrogen-bond acceptors (Lipinski definition) is 2. The average molecular weight is 390 g/mol. The Morgan fingerprint density at radius 3 is 2.03 bits per heavy atom. The third-order valence-electron chi connectivity index (χ3n) is 5.98. The second-order valence-electron chi connectivity index (χ2n) is 8.05. The summed E-state index contributed by atoms with van der Waals surface area (Å²) in [6.45, 7) is 2.74. The summed E-state index contributed by atoms with van der Waals surface area (Å²) in [4.78, 5) is 2.37. The Hall–Kier alpha value is -2.49. The zero-order valence-corrected chi connectivity index (χ0v) is 16.7. The van der Waals surface area contributed by atoms with E-state index in [9.17, 15) is 9.50 Å². The Morgan fingerprint density at radius 1 is 0.828 bits per heavy atom. The first-order valence-corrected chi connectivity index (χ1v) is 10.5. The van der Waals surface area contributed by atoms with E-state index in [1.807, 2.05) is 42.5 Å². The van der Waals surface area contributed by atoms with Gasteiger partial charge in [0, 0.05) is 6.54 Å². The molecule has 3 aromatic carbocycles.